The van der Waals surface area contributed by atoms with Gasteiger partial charge in [-0.15, -0.1) is 0 Å². The Morgan fingerprint density at radius 2 is 1.39 bits per heavy atom. The third kappa shape index (κ3) is 6.18. The quantitative estimate of drug-likeness (QED) is 0.336. The Hall–Kier alpha value is -3.16. The van der Waals surface area contributed by atoms with Crippen LogP contribution in [0.3, 0.4) is 0 Å². The standard InChI is InChI=1S/C28H28F7NO5S.C2H6/c1-17-3-2-4-22(15-17)42(40,41)25(13-14-36(16-25)23(37)18-5-7-19(8-6-18)24(38)39)20-9-11-21(12-10-20)26(29,27(30,31)32)28(33,34)35;1-2/h2-4,9-12,15,18-19H,5-8,13-14,16H2,1H3,(H,38,39);1-2H3. The Kier molecular flexibility index (Phi) is 10.2. The summed E-state index contributed by atoms with van der Waals surface area (Å²) in [5, 5.41) is 9.24. The first-order chi connectivity index (χ1) is 20.3. The third-order valence-electron chi connectivity index (χ3n) is 8.37. The van der Waals surface area contributed by atoms with Gasteiger partial charge in [-0.05, 0) is 62.3 Å². The molecule has 4 rings (SSSR count). The highest BCUT2D eigenvalue weighted by atomic mass is 32.2. The summed E-state index contributed by atoms with van der Waals surface area (Å²) in [6, 6.07) is 7.80. The Morgan fingerprint density at radius 3 is 1.86 bits per heavy atom. The molecule has 1 unspecified atom stereocenters. The van der Waals surface area contributed by atoms with Gasteiger partial charge in [0.2, 0.25) is 5.91 Å². The predicted octanol–water partition coefficient (Wildman–Crippen LogP) is 7.10. The van der Waals surface area contributed by atoms with Gasteiger partial charge in [-0.2, -0.15) is 26.3 Å². The molecule has 1 saturated carbocycles. The molecule has 6 nitrogen and oxygen atoms in total. The number of benzene rings is 2. The number of aryl methyl sites for hydroxylation is 1. The molecule has 1 aliphatic heterocycles. The number of carboxylic acid groups (broad SMARTS) is 1. The average Bonchev–Trinajstić information content (AvgIpc) is 3.44. The van der Waals surface area contributed by atoms with Crippen LogP contribution in [0.15, 0.2) is 53.4 Å². The molecule has 44 heavy (non-hydrogen) atoms. The number of sulfone groups is 1. The maximum atomic E-state index is 14.7. The lowest BCUT2D eigenvalue weighted by molar-refractivity contribution is -0.348. The van der Waals surface area contributed by atoms with Crippen molar-refractivity contribution in [2.45, 2.75) is 80.5 Å². The molecule has 2 aromatic carbocycles. The van der Waals surface area contributed by atoms with E-state index in [-0.39, 0.29) is 61.2 Å². The first-order valence-electron chi connectivity index (χ1n) is 14.1. The third-order valence-corrected chi connectivity index (χ3v) is 10.8. The normalized spacial score (nSPS) is 23.1. The van der Waals surface area contributed by atoms with Crippen LogP contribution in [0.1, 0.15) is 62.6 Å². The highest BCUT2D eigenvalue weighted by Crippen LogP contribution is 2.54. The summed E-state index contributed by atoms with van der Waals surface area (Å²) in [6.07, 6.45) is -11.8. The van der Waals surface area contributed by atoms with Crippen LogP contribution in [0.5, 0.6) is 0 Å². The van der Waals surface area contributed by atoms with Crippen molar-refractivity contribution < 1.29 is 53.8 Å². The number of alkyl halides is 7. The maximum absolute atomic E-state index is 14.7. The van der Waals surface area contributed by atoms with Gasteiger partial charge in [-0.1, -0.05) is 50.2 Å². The molecule has 0 aromatic heterocycles. The van der Waals surface area contributed by atoms with E-state index < -0.39 is 68.4 Å². The van der Waals surface area contributed by atoms with Gasteiger partial charge in [-0.25, -0.2) is 12.8 Å². The number of rotatable bonds is 6. The van der Waals surface area contributed by atoms with Gasteiger partial charge in [-0.3, -0.25) is 9.59 Å². The molecule has 1 aliphatic carbocycles. The largest absolute Gasteiger partial charge is 0.481 e. The monoisotopic (exact) mass is 653 g/mol. The molecule has 14 heteroatoms. The van der Waals surface area contributed by atoms with Crippen LogP contribution >= 0.6 is 0 Å². The Morgan fingerprint density at radius 1 is 0.864 bits per heavy atom. The van der Waals surface area contributed by atoms with E-state index in [1.165, 1.54) is 23.1 Å². The number of aliphatic carboxylic acids is 1. The van der Waals surface area contributed by atoms with E-state index in [1.807, 2.05) is 13.8 Å². The van der Waals surface area contributed by atoms with Crippen molar-refractivity contribution in [1.29, 1.82) is 0 Å². The molecule has 2 aromatic rings. The fourth-order valence-corrected chi connectivity index (χ4v) is 8.11. The number of likely N-dealkylation sites (tertiary alicyclic amines) is 1. The fraction of sp³-hybridized carbons (Fsp3) is 0.533. The van der Waals surface area contributed by atoms with Gasteiger partial charge < -0.3 is 10.0 Å². The number of halogens is 7. The van der Waals surface area contributed by atoms with Crippen molar-refractivity contribution in [3.8, 4) is 0 Å². The minimum absolute atomic E-state index is 0.0807. The second-order valence-electron chi connectivity index (χ2n) is 10.9. The van der Waals surface area contributed by atoms with Crippen molar-refractivity contribution >= 4 is 21.7 Å². The van der Waals surface area contributed by atoms with E-state index in [1.54, 1.807) is 13.0 Å². The number of carboxylic acids is 1. The van der Waals surface area contributed by atoms with E-state index in [9.17, 15) is 53.8 Å². The van der Waals surface area contributed by atoms with Crippen LogP contribution < -0.4 is 0 Å². The molecule has 1 saturated heterocycles. The zero-order valence-corrected chi connectivity index (χ0v) is 25.1. The van der Waals surface area contributed by atoms with Crippen LogP contribution in [0.25, 0.3) is 0 Å². The maximum Gasteiger partial charge on any atom is 0.435 e. The fourth-order valence-electron chi connectivity index (χ4n) is 5.93. The zero-order chi connectivity index (χ0) is 33.3. The van der Waals surface area contributed by atoms with Gasteiger partial charge in [0.05, 0.1) is 10.8 Å². The molecule has 0 bridgehead atoms. The zero-order valence-electron chi connectivity index (χ0n) is 24.3. The minimum Gasteiger partial charge on any atom is -0.481 e. The first kappa shape index (κ1) is 35.3. The number of carbonyl (C=O) groups excluding carboxylic acids is 1. The highest BCUT2D eigenvalue weighted by molar-refractivity contribution is 7.92. The topological polar surface area (TPSA) is 91.8 Å². The van der Waals surface area contributed by atoms with Gasteiger partial charge in [0.25, 0.3) is 0 Å². The molecule has 1 atom stereocenters. The molecule has 1 amide bonds. The van der Waals surface area contributed by atoms with Gasteiger partial charge in [0.15, 0.2) is 9.84 Å². The molecular weight excluding hydrogens is 619 g/mol. The van der Waals surface area contributed by atoms with Gasteiger partial charge in [0, 0.05) is 24.6 Å². The van der Waals surface area contributed by atoms with Crippen LogP contribution in [-0.2, 0) is 29.8 Å². The van der Waals surface area contributed by atoms with Crippen molar-refractivity contribution in [2.24, 2.45) is 11.8 Å². The molecule has 1 N–H and O–H groups in total. The number of hydrogen-bond acceptors (Lipinski definition) is 4. The average molecular weight is 654 g/mol. The number of amides is 1. The number of hydrogen-bond donors (Lipinski definition) is 1. The van der Waals surface area contributed by atoms with Crippen LogP contribution in [0.2, 0.25) is 0 Å². The van der Waals surface area contributed by atoms with Gasteiger partial charge in [0.1, 0.15) is 4.75 Å². The van der Waals surface area contributed by atoms with Crippen molar-refractivity contribution in [3.05, 3.63) is 65.2 Å². The minimum atomic E-state index is -6.34. The Balaban J connectivity index is 0.00000259. The van der Waals surface area contributed by atoms with Crippen LogP contribution in [0, 0.1) is 18.8 Å². The van der Waals surface area contributed by atoms with Crippen molar-refractivity contribution in [3.63, 3.8) is 0 Å². The van der Waals surface area contributed by atoms with Crippen LogP contribution in [-0.4, -0.2) is 55.7 Å². The molecule has 2 fully saturated rings. The Bertz CT molecular complexity index is 1440. The summed E-state index contributed by atoms with van der Waals surface area (Å²) < 4.78 is 121. The first-order valence-corrected chi connectivity index (χ1v) is 15.6. The lowest BCUT2D eigenvalue weighted by Gasteiger charge is -2.33. The van der Waals surface area contributed by atoms with Crippen molar-refractivity contribution in [1.82, 2.24) is 4.90 Å². The summed E-state index contributed by atoms with van der Waals surface area (Å²) in [5.74, 6) is -2.54. The Labute approximate surface area is 251 Å². The number of nitrogens with zero attached hydrogens (tertiary/aromatic N) is 1. The summed E-state index contributed by atoms with van der Waals surface area (Å²) in [6.45, 7) is 5.11. The second-order valence-corrected chi connectivity index (χ2v) is 13.2. The molecule has 2 aliphatic rings. The lowest BCUT2D eigenvalue weighted by Crippen LogP contribution is -2.50. The van der Waals surface area contributed by atoms with Crippen molar-refractivity contribution in [2.75, 3.05) is 13.1 Å². The van der Waals surface area contributed by atoms with E-state index in [0.717, 1.165) is 12.1 Å². The molecule has 0 spiro atoms. The van der Waals surface area contributed by atoms with Gasteiger partial charge >= 0.3 is 24.0 Å². The molecule has 244 valence electrons. The predicted molar refractivity (Wildman–Crippen MR) is 147 cm³/mol. The SMILES string of the molecule is CC.Cc1cccc(S(=O)(=O)C2(c3ccc(C(F)(C(F)(F)F)C(F)(F)F)cc3)CCN(C(=O)C3CCC(C(=O)O)CC3)C2)c1. The lowest BCUT2D eigenvalue weighted by atomic mass is 9.81. The summed E-state index contributed by atoms with van der Waals surface area (Å²) in [7, 11) is -4.41. The van der Waals surface area contributed by atoms with E-state index in [0.29, 0.717) is 5.56 Å². The summed E-state index contributed by atoms with van der Waals surface area (Å²) in [5.41, 5.74) is -7.06. The van der Waals surface area contributed by atoms with E-state index in [2.05, 4.69) is 0 Å². The number of carbonyl (C=O) groups is 2. The molecule has 0 radical (unpaired) electrons. The molecule has 1 heterocycles. The highest BCUT2D eigenvalue weighted by Gasteiger charge is 2.73. The summed E-state index contributed by atoms with van der Waals surface area (Å²) >= 11 is 0. The smallest absolute Gasteiger partial charge is 0.435 e. The second kappa shape index (κ2) is 12.7. The van der Waals surface area contributed by atoms with E-state index >= 15 is 0 Å². The van der Waals surface area contributed by atoms with E-state index in [4.69, 9.17) is 0 Å². The molecular formula is C30H34F7NO5S. The van der Waals surface area contributed by atoms with Crippen LogP contribution in [0.4, 0.5) is 30.7 Å². The summed E-state index contributed by atoms with van der Waals surface area (Å²) in [4.78, 5) is 25.8.